The molecule has 1 N–H and O–H groups in total. The summed E-state index contributed by atoms with van der Waals surface area (Å²) in [5.41, 5.74) is 0.553. The number of anilines is 1. The number of carbonyl (C=O) groups excluding carboxylic acids is 1. The molecule has 0 radical (unpaired) electrons. The van der Waals surface area contributed by atoms with Crippen molar-refractivity contribution in [1.82, 2.24) is 9.62 Å². The maximum Gasteiger partial charge on any atom is 0.416 e. The van der Waals surface area contributed by atoms with Gasteiger partial charge in [-0.25, -0.2) is 4.39 Å². The molecule has 0 saturated carbocycles. The topological polar surface area (TPSA) is 35.6 Å². The molecule has 0 aromatic heterocycles. The van der Waals surface area contributed by atoms with Crippen molar-refractivity contribution < 1.29 is 22.4 Å². The Hall–Kier alpha value is -1.97. The predicted octanol–water partition coefficient (Wildman–Crippen LogP) is 5.22. The van der Waals surface area contributed by atoms with Crippen molar-refractivity contribution >= 4 is 35.1 Å². The van der Waals surface area contributed by atoms with E-state index < -0.39 is 23.5 Å². The highest BCUT2D eigenvalue weighted by molar-refractivity contribution is 7.97. The molecule has 0 bridgehead atoms. The van der Waals surface area contributed by atoms with Crippen LogP contribution in [0.1, 0.15) is 28.4 Å². The van der Waals surface area contributed by atoms with Crippen molar-refractivity contribution in [3.05, 3.63) is 63.9 Å². The van der Waals surface area contributed by atoms with Crippen LogP contribution in [-0.2, 0) is 12.7 Å². The normalized spacial score (nSPS) is 15.2. The number of nitrogens with one attached hydrogen (secondary N) is 1. The average Bonchev–Trinajstić information content (AvgIpc) is 2.74. The number of hydrogen-bond acceptors (Lipinski definition) is 4. The van der Waals surface area contributed by atoms with Gasteiger partial charge in [0.15, 0.2) is 0 Å². The minimum atomic E-state index is -4.35. The van der Waals surface area contributed by atoms with Crippen LogP contribution < -0.4 is 9.62 Å². The standard InChI is InChI=1S/C21H22ClF4N3OS/c1-2-31-27-20(30)17-12-18(22)14(11-19(17)23)13-28-7-9-29(10-8-28)16-5-3-15(4-6-16)21(24,25)26/h3-6,11-12H,2,7-10,13H2,1H3,(H,27,30). The van der Waals surface area contributed by atoms with Crippen molar-refractivity contribution in [2.24, 2.45) is 0 Å². The second-order valence-electron chi connectivity index (χ2n) is 7.10. The van der Waals surface area contributed by atoms with E-state index in [4.69, 9.17) is 11.6 Å². The molecule has 31 heavy (non-hydrogen) atoms. The number of hydrogen-bond donors (Lipinski definition) is 1. The Morgan fingerprint density at radius 1 is 1.13 bits per heavy atom. The van der Waals surface area contributed by atoms with Gasteiger partial charge in [-0.1, -0.05) is 30.5 Å². The summed E-state index contributed by atoms with van der Waals surface area (Å²) in [6.07, 6.45) is -4.35. The largest absolute Gasteiger partial charge is 0.416 e. The predicted molar refractivity (Wildman–Crippen MR) is 116 cm³/mol. The van der Waals surface area contributed by atoms with Gasteiger partial charge in [0.05, 0.1) is 11.1 Å². The van der Waals surface area contributed by atoms with Gasteiger partial charge in [-0.15, -0.1) is 0 Å². The lowest BCUT2D eigenvalue weighted by molar-refractivity contribution is -0.137. The SMILES string of the molecule is CCSNC(=O)c1cc(Cl)c(CN2CCN(c3ccc(C(F)(F)F)cc3)CC2)cc1F. The zero-order valence-corrected chi connectivity index (χ0v) is 18.4. The molecule has 0 aliphatic carbocycles. The van der Waals surface area contributed by atoms with E-state index in [9.17, 15) is 22.4 Å². The first kappa shape index (κ1) is 23.7. The van der Waals surface area contributed by atoms with Crippen molar-refractivity contribution in [3.8, 4) is 0 Å². The highest BCUT2D eigenvalue weighted by Crippen LogP contribution is 2.31. The van der Waals surface area contributed by atoms with Gasteiger partial charge in [-0.2, -0.15) is 13.2 Å². The molecule has 1 amide bonds. The van der Waals surface area contributed by atoms with E-state index >= 15 is 0 Å². The van der Waals surface area contributed by atoms with E-state index in [-0.39, 0.29) is 5.56 Å². The van der Waals surface area contributed by atoms with Crippen LogP contribution in [0.4, 0.5) is 23.2 Å². The van der Waals surface area contributed by atoms with Gasteiger partial charge in [-0.3, -0.25) is 14.4 Å². The van der Waals surface area contributed by atoms with Crippen molar-refractivity contribution in [2.75, 3.05) is 36.8 Å². The van der Waals surface area contributed by atoms with E-state index in [2.05, 4.69) is 9.62 Å². The molecular weight excluding hydrogens is 454 g/mol. The minimum absolute atomic E-state index is 0.0955. The van der Waals surface area contributed by atoms with Gasteiger partial charge in [0.1, 0.15) is 5.82 Å². The molecular formula is C21H22ClF4N3OS. The summed E-state index contributed by atoms with van der Waals surface area (Å²) in [6.45, 7) is 4.83. The third-order valence-electron chi connectivity index (χ3n) is 5.02. The second kappa shape index (κ2) is 10.1. The average molecular weight is 476 g/mol. The van der Waals surface area contributed by atoms with Crippen molar-refractivity contribution in [2.45, 2.75) is 19.6 Å². The molecule has 10 heteroatoms. The van der Waals surface area contributed by atoms with Crippen LogP contribution in [0.15, 0.2) is 36.4 Å². The van der Waals surface area contributed by atoms with E-state index in [0.29, 0.717) is 49.1 Å². The van der Waals surface area contributed by atoms with Crippen LogP contribution in [0, 0.1) is 5.82 Å². The van der Waals surface area contributed by atoms with Gasteiger partial charge in [0.2, 0.25) is 0 Å². The lowest BCUT2D eigenvalue weighted by Crippen LogP contribution is -2.46. The van der Waals surface area contributed by atoms with Crippen LogP contribution in [-0.4, -0.2) is 42.7 Å². The highest BCUT2D eigenvalue weighted by atomic mass is 35.5. The molecule has 2 aromatic carbocycles. The number of carbonyl (C=O) groups is 1. The van der Waals surface area contributed by atoms with Crippen molar-refractivity contribution in [1.29, 1.82) is 0 Å². The van der Waals surface area contributed by atoms with E-state index in [1.54, 1.807) is 0 Å². The summed E-state index contributed by atoms with van der Waals surface area (Å²) in [6, 6.07) is 7.75. The molecule has 1 fully saturated rings. The molecule has 0 spiro atoms. The van der Waals surface area contributed by atoms with E-state index in [1.807, 2.05) is 11.8 Å². The van der Waals surface area contributed by atoms with Gasteiger partial charge in [0.25, 0.3) is 5.91 Å². The number of rotatable bonds is 6. The molecule has 0 atom stereocenters. The smallest absolute Gasteiger partial charge is 0.369 e. The zero-order chi connectivity index (χ0) is 22.6. The number of nitrogens with zero attached hydrogens (tertiary/aromatic N) is 2. The fourth-order valence-electron chi connectivity index (χ4n) is 3.34. The summed E-state index contributed by atoms with van der Waals surface area (Å²) < 4.78 is 55.1. The lowest BCUT2D eigenvalue weighted by Gasteiger charge is -2.36. The monoisotopic (exact) mass is 475 g/mol. The zero-order valence-electron chi connectivity index (χ0n) is 16.8. The Morgan fingerprint density at radius 3 is 2.35 bits per heavy atom. The maximum absolute atomic E-state index is 14.4. The Labute approximate surface area is 187 Å². The molecule has 168 valence electrons. The first-order valence-electron chi connectivity index (χ1n) is 9.73. The van der Waals surface area contributed by atoms with Crippen molar-refractivity contribution in [3.63, 3.8) is 0 Å². The van der Waals surface area contributed by atoms with Crippen LogP contribution in [0.5, 0.6) is 0 Å². The second-order valence-corrected chi connectivity index (χ2v) is 8.57. The third-order valence-corrected chi connectivity index (χ3v) is 5.99. The number of amides is 1. The summed E-state index contributed by atoms with van der Waals surface area (Å²) in [4.78, 5) is 16.1. The van der Waals surface area contributed by atoms with Gasteiger partial charge < -0.3 is 4.90 Å². The number of piperazine rings is 1. The molecule has 4 nitrogen and oxygen atoms in total. The molecule has 1 heterocycles. The molecule has 1 aliphatic rings. The molecule has 1 saturated heterocycles. The molecule has 1 aliphatic heterocycles. The fraction of sp³-hybridized carbons (Fsp3) is 0.381. The summed E-state index contributed by atoms with van der Waals surface area (Å²) in [7, 11) is 0. The molecule has 2 aromatic rings. The summed E-state index contributed by atoms with van der Waals surface area (Å²) in [5, 5.41) is 0.318. The minimum Gasteiger partial charge on any atom is -0.369 e. The van der Waals surface area contributed by atoms with Crippen LogP contribution in [0.3, 0.4) is 0 Å². The Kier molecular flexibility index (Phi) is 7.72. The summed E-state index contributed by atoms with van der Waals surface area (Å²) >= 11 is 7.47. The number of halogens is 5. The third kappa shape index (κ3) is 6.05. The van der Waals surface area contributed by atoms with Crippen LogP contribution in [0.25, 0.3) is 0 Å². The first-order chi connectivity index (χ1) is 14.7. The maximum atomic E-state index is 14.4. The fourth-order valence-corrected chi connectivity index (χ4v) is 3.95. The number of alkyl halides is 3. The Balaban J connectivity index is 1.59. The lowest BCUT2D eigenvalue weighted by atomic mass is 10.1. The highest BCUT2D eigenvalue weighted by Gasteiger charge is 2.30. The van der Waals surface area contributed by atoms with Gasteiger partial charge >= 0.3 is 6.18 Å². The van der Waals surface area contributed by atoms with E-state index in [0.717, 1.165) is 17.8 Å². The Morgan fingerprint density at radius 2 is 1.77 bits per heavy atom. The first-order valence-corrected chi connectivity index (χ1v) is 11.1. The van der Waals surface area contributed by atoms with Gasteiger partial charge in [-0.05, 0) is 42.0 Å². The van der Waals surface area contributed by atoms with Crippen LogP contribution in [0.2, 0.25) is 5.02 Å². The Bertz CT molecular complexity index is 916. The molecule has 0 unspecified atom stereocenters. The summed E-state index contributed by atoms with van der Waals surface area (Å²) in [5.74, 6) is -0.489. The quantitative estimate of drug-likeness (QED) is 0.459. The van der Waals surface area contributed by atoms with E-state index in [1.165, 1.54) is 36.2 Å². The molecule has 3 rings (SSSR count). The number of benzene rings is 2. The van der Waals surface area contributed by atoms with Crippen LogP contribution >= 0.6 is 23.5 Å². The van der Waals surface area contributed by atoms with Gasteiger partial charge in [0, 0.05) is 49.2 Å².